The molecule has 0 fully saturated rings. The number of H-pyrrole nitrogens is 1. The zero-order chi connectivity index (χ0) is 28.2. The highest BCUT2D eigenvalue weighted by Crippen LogP contribution is 2.35. The van der Waals surface area contributed by atoms with E-state index in [0.717, 1.165) is 5.56 Å². The van der Waals surface area contributed by atoms with Crippen molar-refractivity contribution in [3.63, 3.8) is 0 Å². The molecule has 39 heavy (non-hydrogen) atoms. The number of esters is 1. The molecule has 1 aromatic heterocycles. The Hall–Kier alpha value is -4.24. The van der Waals surface area contributed by atoms with E-state index in [2.05, 4.69) is 15.6 Å². The maximum atomic E-state index is 14.4. The van der Waals surface area contributed by atoms with Gasteiger partial charge in [0.25, 0.3) is 0 Å². The Morgan fingerprint density at radius 1 is 1.05 bits per heavy atom. The maximum absolute atomic E-state index is 14.4. The molecule has 0 radical (unpaired) electrons. The highest BCUT2D eigenvalue weighted by molar-refractivity contribution is 6.32. The number of benzene rings is 3. The number of aromatic amines is 1. The molecule has 3 aromatic carbocycles. The van der Waals surface area contributed by atoms with Gasteiger partial charge in [0.1, 0.15) is 28.6 Å². The van der Waals surface area contributed by atoms with Crippen LogP contribution >= 0.6 is 11.6 Å². The number of nitrogens with one attached hydrogen (secondary N) is 3. The van der Waals surface area contributed by atoms with Crippen molar-refractivity contribution >= 4 is 45.9 Å². The van der Waals surface area contributed by atoms with Crippen molar-refractivity contribution in [1.82, 2.24) is 10.3 Å². The molecule has 204 valence electrons. The Kier molecular flexibility index (Phi) is 8.30. The molecule has 0 aliphatic rings. The fourth-order valence-electron chi connectivity index (χ4n) is 3.76. The largest absolute Gasteiger partial charge is 0.461 e. The molecule has 0 aliphatic carbocycles. The molecule has 4 rings (SSSR count). The van der Waals surface area contributed by atoms with Crippen LogP contribution in [0.5, 0.6) is 11.5 Å². The van der Waals surface area contributed by atoms with Gasteiger partial charge in [-0.1, -0.05) is 23.7 Å². The van der Waals surface area contributed by atoms with Gasteiger partial charge in [-0.3, -0.25) is 0 Å². The number of anilines is 2. The summed E-state index contributed by atoms with van der Waals surface area (Å²) in [4.78, 5) is 26.8. The van der Waals surface area contributed by atoms with Crippen molar-refractivity contribution < 1.29 is 28.2 Å². The lowest BCUT2D eigenvalue weighted by Gasteiger charge is -2.19. The second-order valence-corrected chi connectivity index (χ2v) is 10.1. The Balaban J connectivity index is 1.46. The van der Waals surface area contributed by atoms with Gasteiger partial charge in [0.05, 0.1) is 17.1 Å². The first-order valence-electron chi connectivity index (χ1n) is 12.3. The molecule has 0 aliphatic heterocycles. The predicted octanol–water partition coefficient (Wildman–Crippen LogP) is 7.70. The first-order chi connectivity index (χ1) is 18.5. The molecule has 10 heteroatoms. The van der Waals surface area contributed by atoms with Crippen LogP contribution in [0.25, 0.3) is 10.9 Å². The molecule has 1 amide bonds. The first-order valence-corrected chi connectivity index (χ1v) is 12.7. The van der Waals surface area contributed by atoms with Crippen LogP contribution in [0.3, 0.4) is 0 Å². The number of rotatable bonds is 8. The number of hydrogen-bond acceptors (Lipinski definition) is 6. The van der Waals surface area contributed by atoms with Gasteiger partial charge in [-0.05, 0) is 81.8 Å². The second-order valence-electron chi connectivity index (χ2n) is 9.66. The number of hydrogen-bond donors (Lipinski definition) is 3. The van der Waals surface area contributed by atoms with E-state index in [1.807, 2.05) is 12.1 Å². The third kappa shape index (κ3) is 7.20. The molecule has 0 atom stereocenters. The van der Waals surface area contributed by atoms with Gasteiger partial charge >= 0.3 is 12.1 Å². The normalized spacial score (nSPS) is 11.2. The number of carbonyl (C=O) groups excluding carboxylic acids is 2. The van der Waals surface area contributed by atoms with Crippen molar-refractivity contribution in [3.05, 3.63) is 82.8 Å². The first kappa shape index (κ1) is 27.8. The average Bonchev–Trinajstić information content (AvgIpc) is 3.33. The van der Waals surface area contributed by atoms with Gasteiger partial charge in [0.2, 0.25) is 0 Å². The minimum Gasteiger partial charge on any atom is -0.461 e. The SMILES string of the molecule is CCOC(=O)c1cc2c(Nc3ccc(Oc4cccc(CNC(=O)OC(C)(C)C)c4)c(Cl)c3)ccc(F)c2[nH]1. The summed E-state index contributed by atoms with van der Waals surface area (Å²) in [5, 5.41) is 6.76. The lowest BCUT2D eigenvalue weighted by atomic mass is 10.2. The third-order valence-corrected chi connectivity index (χ3v) is 5.71. The number of halogens is 2. The van der Waals surface area contributed by atoms with Crippen LogP contribution < -0.4 is 15.4 Å². The smallest absolute Gasteiger partial charge is 0.407 e. The minimum absolute atomic E-state index is 0.158. The fourth-order valence-corrected chi connectivity index (χ4v) is 3.98. The molecule has 0 bridgehead atoms. The Labute approximate surface area is 230 Å². The van der Waals surface area contributed by atoms with Crippen molar-refractivity contribution in [2.45, 2.75) is 39.8 Å². The third-order valence-electron chi connectivity index (χ3n) is 5.41. The van der Waals surface area contributed by atoms with Crippen LogP contribution in [-0.2, 0) is 16.0 Å². The number of carbonyl (C=O) groups is 2. The summed E-state index contributed by atoms with van der Waals surface area (Å²) in [6, 6.07) is 16.8. The fraction of sp³-hybridized carbons (Fsp3) is 0.241. The van der Waals surface area contributed by atoms with E-state index < -0.39 is 23.5 Å². The van der Waals surface area contributed by atoms with Crippen LogP contribution in [0.2, 0.25) is 5.02 Å². The molecule has 1 heterocycles. The summed E-state index contributed by atoms with van der Waals surface area (Å²) in [7, 11) is 0. The van der Waals surface area contributed by atoms with E-state index in [1.54, 1.807) is 70.2 Å². The molecular weight excluding hydrogens is 525 g/mol. The van der Waals surface area contributed by atoms with Gasteiger partial charge in [0.15, 0.2) is 0 Å². The molecule has 3 N–H and O–H groups in total. The van der Waals surface area contributed by atoms with E-state index in [-0.39, 0.29) is 24.4 Å². The highest BCUT2D eigenvalue weighted by atomic mass is 35.5. The second kappa shape index (κ2) is 11.7. The maximum Gasteiger partial charge on any atom is 0.407 e. The van der Waals surface area contributed by atoms with Crippen LogP contribution in [0.1, 0.15) is 43.7 Å². The van der Waals surface area contributed by atoms with Gasteiger partial charge in [0, 0.05) is 23.3 Å². The number of fused-ring (bicyclic) bond motifs is 1. The van der Waals surface area contributed by atoms with Crippen LogP contribution in [0.15, 0.2) is 60.7 Å². The number of ether oxygens (including phenoxy) is 3. The van der Waals surface area contributed by atoms with Crippen molar-refractivity contribution in [2.75, 3.05) is 11.9 Å². The monoisotopic (exact) mass is 553 g/mol. The lowest BCUT2D eigenvalue weighted by Crippen LogP contribution is -2.32. The molecular formula is C29H29ClFN3O5. The van der Waals surface area contributed by atoms with Gasteiger partial charge in [-0.2, -0.15) is 0 Å². The predicted molar refractivity (Wildman–Crippen MR) is 149 cm³/mol. The van der Waals surface area contributed by atoms with E-state index in [0.29, 0.717) is 33.3 Å². The molecule has 0 unspecified atom stereocenters. The molecule has 0 saturated heterocycles. The summed E-state index contributed by atoms with van der Waals surface area (Å²) < 4.78 is 30.6. The highest BCUT2D eigenvalue weighted by Gasteiger charge is 2.17. The summed E-state index contributed by atoms with van der Waals surface area (Å²) in [5.74, 6) is -0.0835. The average molecular weight is 554 g/mol. The quantitative estimate of drug-likeness (QED) is 0.193. The van der Waals surface area contributed by atoms with Gasteiger partial charge in [-0.15, -0.1) is 0 Å². The molecule has 0 spiro atoms. The zero-order valence-corrected chi connectivity index (χ0v) is 22.7. The van der Waals surface area contributed by atoms with E-state index in [1.165, 1.54) is 6.07 Å². The number of aromatic nitrogens is 1. The van der Waals surface area contributed by atoms with E-state index in [9.17, 15) is 14.0 Å². The van der Waals surface area contributed by atoms with Crippen LogP contribution in [0, 0.1) is 5.82 Å². The van der Waals surface area contributed by atoms with Crippen LogP contribution in [-0.4, -0.2) is 29.3 Å². The van der Waals surface area contributed by atoms with Gasteiger partial charge < -0.3 is 29.8 Å². The number of alkyl carbamates (subject to hydrolysis) is 1. The minimum atomic E-state index is -0.581. The van der Waals surface area contributed by atoms with Crippen molar-refractivity contribution in [2.24, 2.45) is 0 Å². The Morgan fingerprint density at radius 2 is 1.85 bits per heavy atom. The Bertz CT molecular complexity index is 1510. The van der Waals surface area contributed by atoms with E-state index >= 15 is 0 Å². The standard InChI is InChI=1S/C29H29ClFN3O5/c1-5-37-27(35)24-15-20-23(11-10-22(31)26(20)34-24)33-18-9-12-25(21(30)14-18)38-19-8-6-7-17(13-19)16-32-28(36)39-29(2,3)4/h6-15,33-34H,5,16H2,1-4H3,(H,32,36). The van der Waals surface area contributed by atoms with Crippen molar-refractivity contribution in [3.8, 4) is 11.5 Å². The summed E-state index contributed by atoms with van der Waals surface area (Å²) in [6.07, 6.45) is -0.505. The summed E-state index contributed by atoms with van der Waals surface area (Å²) in [6.45, 7) is 7.58. The van der Waals surface area contributed by atoms with Crippen LogP contribution in [0.4, 0.5) is 20.6 Å². The van der Waals surface area contributed by atoms with E-state index in [4.69, 9.17) is 25.8 Å². The molecule has 0 saturated carbocycles. The zero-order valence-electron chi connectivity index (χ0n) is 22.0. The summed E-state index contributed by atoms with van der Waals surface area (Å²) >= 11 is 6.51. The van der Waals surface area contributed by atoms with Crippen molar-refractivity contribution in [1.29, 1.82) is 0 Å². The Morgan fingerprint density at radius 3 is 2.56 bits per heavy atom. The molecule has 8 nitrogen and oxygen atoms in total. The van der Waals surface area contributed by atoms with Gasteiger partial charge in [-0.25, -0.2) is 14.0 Å². The summed E-state index contributed by atoms with van der Waals surface area (Å²) in [5.41, 5.74) is 1.80. The topological polar surface area (TPSA) is 102 Å². The molecule has 4 aromatic rings. The lowest BCUT2D eigenvalue weighted by molar-refractivity contribution is 0.0511. The number of amides is 1.